The molecular weight excluding hydrogens is 1100 g/mol. The number of hydrogen-bond donors (Lipinski definition) is 5. The molecular formula is C54H64BrF3N12O7S. The van der Waals surface area contributed by atoms with Gasteiger partial charge in [0.2, 0.25) is 5.95 Å². The Balaban J connectivity index is 0.682. The Morgan fingerprint density at radius 1 is 0.846 bits per heavy atom. The second-order valence-corrected chi connectivity index (χ2v) is 21.6. The zero-order chi connectivity index (χ0) is 55.1. The van der Waals surface area contributed by atoms with Gasteiger partial charge in [0, 0.05) is 93.1 Å². The molecule has 2 aliphatic rings. The molecule has 0 spiro atoms. The first kappa shape index (κ1) is 57.6. The van der Waals surface area contributed by atoms with Gasteiger partial charge in [-0.15, -0.1) is 0 Å². The van der Waals surface area contributed by atoms with Crippen molar-refractivity contribution in [2.45, 2.75) is 54.9 Å². The smallest absolute Gasteiger partial charge is 0.382 e. The number of carbonyl (C=O) groups is 1. The van der Waals surface area contributed by atoms with Gasteiger partial charge in [-0.25, -0.2) is 27.8 Å². The van der Waals surface area contributed by atoms with E-state index in [2.05, 4.69) is 85.7 Å². The van der Waals surface area contributed by atoms with E-state index < -0.39 is 22.7 Å². The Kier molecular flexibility index (Phi) is 20.2. The summed E-state index contributed by atoms with van der Waals surface area (Å²) in [5.41, 5.74) is 4.16. The van der Waals surface area contributed by atoms with Crippen LogP contribution in [0, 0.1) is 11.8 Å². The van der Waals surface area contributed by atoms with Crippen LogP contribution in [0.15, 0.2) is 112 Å². The van der Waals surface area contributed by atoms with Gasteiger partial charge in [0.1, 0.15) is 11.0 Å². The fourth-order valence-corrected chi connectivity index (χ4v) is 10.9. The number of alkyl halides is 3. The summed E-state index contributed by atoms with van der Waals surface area (Å²) in [6, 6.07) is 22.5. The largest absolute Gasteiger partial charge is 0.406 e. The lowest BCUT2D eigenvalue weighted by Crippen LogP contribution is -2.43. The molecule has 416 valence electrons. The maximum Gasteiger partial charge on any atom is 0.406 e. The second-order valence-electron chi connectivity index (χ2n) is 19.1. The van der Waals surface area contributed by atoms with Crippen molar-refractivity contribution in [3.05, 3.63) is 129 Å². The van der Waals surface area contributed by atoms with E-state index >= 15 is 0 Å². The number of anilines is 4. The average molecular weight is 1160 g/mol. The van der Waals surface area contributed by atoms with E-state index in [0.717, 1.165) is 63.2 Å². The summed E-state index contributed by atoms with van der Waals surface area (Å²) in [4.78, 5) is 37.5. The molecule has 0 bridgehead atoms. The first-order valence-corrected chi connectivity index (χ1v) is 27.9. The van der Waals surface area contributed by atoms with Gasteiger partial charge in [-0.1, -0.05) is 24.1 Å². The third kappa shape index (κ3) is 16.5. The molecule has 2 fully saturated rings. The number of nitrogens with zero attached hydrogens (tertiary/aromatic N) is 7. The number of amides is 1. The summed E-state index contributed by atoms with van der Waals surface area (Å²) in [6.07, 6.45) is 2.58. The summed E-state index contributed by atoms with van der Waals surface area (Å²) in [5.74, 6) is 5.86. The van der Waals surface area contributed by atoms with Crippen LogP contribution in [0.5, 0.6) is 0 Å². The van der Waals surface area contributed by atoms with Crippen LogP contribution >= 0.6 is 15.9 Å². The molecule has 8 rings (SSSR count). The third-order valence-corrected chi connectivity index (χ3v) is 15.4. The first-order chi connectivity index (χ1) is 37.6. The lowest BCUT2D eigenvalue weighted by molar-refractivity contribution is -0.140. The molecule has 5 N–H and O–H groups in total. The number of benzene rings is 3. The van der Waals surface area contributed by atoms with Gasteiger partial charge in [0.05, 0.1) is 74.2 Å². The number of halogens is 4. The predicted molar refractivity (Wildman–Crippen MR) is 296 cm³/mol. The molecule has 3 aromatic heterocycles. The van der Waals surface area contributed by atoms with Crippen LogP contribution in [0.1, 0.15) is 46.8 Å². The van der Waals surface area contributed by atoms with Crippen molar-refractivity contribution in [2.24, 2.45) is 7.05 Å². The fourth-order valence-electron chi connectivity index (χ4n) is 9.43. The minimum absolute atomic E-state index is 0.00118. The molecule has 19 nitrogen and oxygen atoms in total. The molecule has 0 unspecified atom stereocenters. The topological polar surface area (TPSA) is 211 Å². The lowest BCUT2D eigenvalue weighted by atomic mass is 9.87. The van der Waals surface area contributed by atoms with Crippen LogP contribution in [0.2, 0.25) is 0 Å². The summed E-state index contributed by atoms with van der Waals surface area (Å²) in [7, 11) is -0.227. The maximum atomic E-state index is 13.9. The van der Waals surface area contributed by atoms with Crippen molar-refractivity contribution >= 4 is 65.8 Å². The third-order valence-electron chi connectivity index (χ3n) is 13.3. The van der Waals surface area contributed by atoms with Gasteiger partial charge >= 0.3 is 6.18 Å². The van der Waals surface area contributed by atoms with E-state index in [4.69, 9.17) is 14.2 Å². The number of ether oxygens (including phenoxy) is 3. The molecule has 0 saturated carbocycles. The predicted octanol–water partition coefficient (Wildman–Crippen LogP) is 6.37. The number of nitrogens with one attached hydrogen (secondary N) is 5. The molecule has 1 amide bonds. The van der Waals surface area contributed by atoms with Gasteiger partial charge in [-0.05, 0) is 120 Å². The van der Waals surface area contributed by atoms with Gasteiger partial charge in [-0.3, -0.25) is 9.59 Å². The van der Waals surface area contributed by atoms with Crippen LogP contribution in [0.25, 0.3) is 10.9 Å². The van der Waals surface area contributed by atoms with Crippen LogP contribution in [-0.4, -0.2) is 159 Å². The van der Waals surface area contributed by atoms with Crippen molar-refractivity contribution in [3.63, 3.8) is 0 Å². The molecule has 3 aromatic carbocycles. The van der Waals surface area contributed by atoms with Crippen molar-refractivity contribution < 1.29 is 40.6 Å². The highest BCUT2D eigenvalue weighted by atomic mass is 79.9. The number of likely N-dealkylation sites (tertiary alicyclic amines) is 2. The maximum absolute atomic E-state index is 13.9. The quantitative estimate of drug-likeness (QED) is 0.0329. The summed E-state index contributed by atoms with van der Waals surface area (Å²) >= 11 is 3.41. The SMILES string of the molecule is CN1C[C@H](Nc2cnn(C)c(=O)c2Br)C[C@H](c2ccc(C(=O)NCCOCCOCCOCCN3CCC(Nc4cccc5c4cc(C#CCNc4ccc(S(=O)(=O)Nc6ncccn6)cc4)n5CC(F)(F)F)CC3)cc2)C1. The molecule has 2 atom stereocenters. The Bertz CT molecular complexity index is 3170. The van der Waals surface area contributed by atoms with Gasteiger partial charge < -0.3 is 49.8 Å². The Morgan fingerprint density at radius 2 is 1.54 bits per heavy atom. The number of rotatable bonds is 24. The van der Waals surface area contributed by atoms with Gasteiger partial charge in [-0.2, -0.15) is 18.3 Å². The molecule has 0 radical (unpaired) electrons. The highest BCUT2D eigenvalue weighted by Crippen LogP contribution is 2.32. The van der Waals surface area contributed by atoms with Crippen LogP contribution < -0.4 is 31.5 Å². The van der Waals surface area contributed by atoms with Crippen LogP contribution in [0.4, 0.5) is 36.2 Å². The van der Waals surface area contributed by atoms with E-state index in [1.807, 2.05) is 30.3 Å². The molecule has 2 saturated heterocycles. The molecule has 24 heteroatoms. The number of aryl methyl sites for hydroxylation is 1. The number of hydrogen-bond acceptors (Lipinski definition) is 15. The number of carbonyl (C=O) groups excluding carboxylic acids is 1. The van der Waals surface area contributed by atoms with E-state index in [1.165, 1.54) is 33.8 Å². The monoisotopic (exact) mass is 1160 g/mol. The highest BCUT2D eigenvalue weighted by Gasteiger charge is 2.31. The Hall–Kier alpha value is -6.59. The number of aromatic nitrogens is 5. The number of likely N-dealkylation sites (N-methyl/N-ethyl adjacent to an activating group) is 1. The van der Waals surface area contributed by atoms with Gasteiger partial charge in [0.15, 0.2) is 0 Å². The van der Waals surface area contributed by atoms with Crippen molar-refractivity contribution in [1.29, 1.82) is 0 Å². The number of fused-ring (bicyclic) bond motifs is 1. The molecule has 5 heterocycles. The highest BCUT2D eigenvalue weighted by molar-refractivity contribution is 9.10. The second kappa shape index (κ2) is 27.3. The minimum Gasteiger partial charge on any atom is -0.382 e. The summed E-state index contributed by atoms with van der Waals surface area (Å²) < 4.78 is 89.5. The van der Waals surface area contributed by atoms with Crippen LogP contribution in [-0.2, 0) is 37.8 Å². The van der Waals surface area contributed by atoms with Crippen LogP contribution in [0.3, 0.4) is 0 Å². The normalized spacial score (nSPS) is 16.6. The summed E-state index contributed by atoms with van der Waals surface area (Å²) in [5, 5.41) is 17.8. The zero-order valence-corrected chi connectivity index (χ0v) is 45.8. The molecule has 6 aromatic rings. The Morgan fingerprint density at radius 3 is 2.26 bits per heavy atom. The van der Waals surface area contributed by atoms with E-state index in [-0.39, 0.29) is 52.6 Å². The lowest BCUT2D eigenvalue weighted by Gasteiger charge is -2.37. The van der Waals surface area contributed by atoms with Crippen molar-refractivity contribution in [1.82, 2.24) is 39.4 Å². The number of piperidine rings is 2. The van der Waals surface area contributed by atoms with Gasteiger partial charge in [0.25, 0.3) is 21.5 Å². The van der Waals surface area contributed by atoms with E-state index in [9.17, 15) is 31.2 Å². The first-order valence-electron chi connectivity index (χ1n) is 25.7. The number of sulfonamides is 1. The molecule has 78 heavy (non-hydrogen) atoms. The van der Waals surface area contributed by atoms with E-state index in [0.29, 0.717) is 78.5 Å². The standard InChI is InChI=1S/C54H64BrF3N12O7S/c1-67-35-40(32-43(36-67)65-48-34-63-68(2)52(72)50(48)55)38-9-11-39(12-10-38)51(71)60-22-26-75-28-30-77-31-29-76-27-25-69-23-17-42(18-24-69)64-47-7-3-8-49-46(47)33-44(70(49)37-54(56,57)58)6-4-19-59-41-13-15-45(16-14-41)78(73,74)66-53-61-20-5-21-62-53/h3,5,7-16,20-21,33-34,40,42-43,59,64-65H,17-19,22-32,35-37H2,1-2H3,(H,60,71)(H,61,62,66)/t40-,43+/m0/s1. The Labute approximate surface area is 459 Å². The molecule has 0 aliphatic carbocycles. The zero-order valence-electron chi connectivity index (χ0n) is 43.4. The summed E-state index contributed by atoms with van der Waals surface area (Å²) in [6.45, 7) is 5.97. The average Bonchev–Trinajstić information content (AvgIpc) is 3.80. The minimum atomic E-state index is -4.47. The molecule has 2 aliphatic heterocycles. The van der Waals surface area contributed by atoms with Crippen molar-refractivity contribution in [3.8, 4) is 11.8 Å². The fraction of sp³-hybridized carbons (Fsp3) is 0.426. The van der Waals surface area contributed by atoms with E-state index in [1.54, 1.807) is 49.6 Å². The van der Waals surface area contributed by atoms with Crippen molar-refractivity contribution in [2.75, 3.05) is 113 Å².